The van der Waals surface area contributed by atoms with E-state index in [2.05, 4.69) is 20.8 Å². The van der Waals surface area contributed by atoms with Crippen LogP contribution in [0.5, 0.6) is 0 Å². The highest BCUT2D eigenvalue weighted by Crippen LogP contribution is 2.28. The second-order valence-electron chi connectivity index (χ2n) is 4.48. The second kappa shape index (κ2) is 7.34. The van der Waals surface area contributed by atoms with Crippen molar-refractivity contribution in [3.05, 3.63) is 29.3 Å². The standard InChI is InChI=1S/C13H15ClN6O2S/c1-7(11(21)17-12(22)16-2)23-13-19-18-10(20(13)15)8-5-3-4-6-9(8)14/h3-7H,15H2,1-2H3,(H2,16,17,21,22)/t7-/m1/s1. The minimum atomic E-state index is -0.585. The van der Waals surface area contributed by atoms with Crippen LogP contribution in [0.25, 0.3) is 11.4 Å². The third-order valence-electron chi connectivity index (χ3n) is 2.89. The Morgan fingerprint density at radius 2 is 2.04 bits per heavy atom. The van der Waals surface area contributed by atoms with Crippen LogP contribution in [0.2, 0.25) is 5.02 Å². The summed E-state index contributed by atoms with van der Waals surface area (Å²) in [6.07, 6.45) is 0. The van der Waals surface area contributed by atoms with Crippen molar-refractivity contribution in [3.63, 3.8) is 0 Å². The number of carbonyl (C=O) groups is 2. The van der Waals surface area contributed by atoms with Gasteiger partial charge in [0, 0.05) is 12.6 Å². The minimum Gasteiger partial charge on any atom is -0.341 e. The predicted octanol–water partition coefficient (Wildman–Crippen LogP) is 1.25. The molecule has 0 fully saturated rings. The number of hydrogen-bond acceptors (Lipinski definition) is 6. The van der Waals surface area contributed by atoms with E-state index in [1.165, 1.54) is 11.7 Å². The van der Waals surface area contributed by atoms with Gasteiger partial charge in [0.25, 0.3) is 0 Å². The summed E-state index contributed by atoms with van der Waals surface area (Å²) in [6, 6.07) is 6.52. The molecule has 2 aromatic rings. The number of benzene rings is 1. The van der Waals surface area contributed by atoms with Gasteiger partial charge in [-0.2, -0.15) is 0 Å². The lowest BCUT2D eigenvalue weighted by Crippen LogP contribution is -2.41. The van der Waals surface area contributed by atoms with E-state index in [9.17, 15) is 9.59 Å². The Labute approximate surface area is 141 Å². The zero-order valence-electron chi connectivity index (χ0n) is 12.4. The van der Waals surface area contributed by atoms with Crippen LogP contribution < -0.4 is 16.5 Å². The summed E-state index contributed by atoms with van der Waals surface area (Å²) in [5.74, 6) is 5.91. The van der Waals surface area contributed by atoms with Crippen LogP contribution in [0.4, 0.5) is 4.79 Å². The molecule has 1 aromatic carbocycles. The maximum atomic E-state index is 11.8. The van der Waals surface area contributed by atoms with E-state index < -0.39 is 17.2 Å². The Hall–Kier alpha value is -2.26. The first kappa shape index (κ1) is 17.1. The molecule has 1 atom stereocenters. The molecule has 122 valence electrons. The SMILES string of the molecule is CNC(=O)NC(=O)[C@@H](C)Sc1nnc(-c2ccccc2Cl)n1N. The molecule has 8 nitrogen and oxygen atoms in total. The molecule has 23 heavy (non-hydrogen) atoms. The van der Waals surface area contributed by atoms with Crippen LogP contribution in [0.3, 0.4) is 0 Å². The Balaban J connectivity index is 2.15. The first-order chi connectivity index (χ1) is 10.9. The first-order valence-electron chi connectivity index (χ1n) is 6.58. The summed E-state index contributed by atoms with van der Waals surface area (Å²) in [4.78, 5) is 23.0. The van der Waals surface area contributed by atoms with Gasteiger partial charge >= 0.3 is 6.03 Å². The monoisotopic (exact) mass is 354 g/mol. The van der Waals surface area contributed by atoms with Crippen molar-refractivity contribution in [3.8, 4) is 11.4 Å². The fourth-order valence-electron chi connectivity index (χ4n) is 1.67. The van der Waals surface area contributed by atoms with Crippen LogP contribution in [0.15, 0.2) is 29.4 Å². The first-order valence-corrected chi connectivity index (χ1v) is 7.84. The number of urea groups is 1. The van der Waals surface area contributed by atoms with E-state index in [-0.39, 0.29) is 0 Å². The molecule has 4 N–H and O–H groups in total. The Morgan fingerprint density at radius 1 is 1.35 bits per heavy atom. The highest BCUT2D eigenvalue weighted by molar-refractivity contribution is 8.00. The fraction of sp³-hybridized carbons (Fsp3) is 0.231. The van der Waals surface area contributed by atoms with E-state index in [0.717, 1.165) is 11.8 Å². The van der Waals surface area contributed by atoms with Gasteiger partial charge in [-0.1, -0.05) is 35.5 Å². The van der Waals surface area contributed by atoms with Crippen LogP contribution >= 0.6 is 23.4 Å². The number of nitrogens with zero attached hydrogens (tertiary/aromatic N) is 3. The lowest BCUT2D eigenvalue weighted by atomic mass is 10.2. The van der Waals surface area contributed by atoms with E-state index in [1.807, 2.05) is 6.07 Å². The van der Waals surface area contributed by atoms with Crippen LogP contribution in [0.1, 0.15) is 6.92 Å². The van der Waals surface area contributed by atoms with Crippen molar-refractivity contribution in [1.82, 2.24) is 25.5 Å². The van der Waals surface area contributed by atoms with Crippen molar-refractivity contribution >= 4 is 35.3 Å². The van der Waals surface area contributed by atoms with Gasteiger partial charge in [0.2, 0.25) is 11.1 Å². The molecule has 3 amide bonds. The summed E-state index contributed by atoms with van der Waals surface area (Å²) in [6.45, 7) is 1.63. The number of carbonyl (C=O) groups excluding carboxylic acids is 2. The molecule has 1 aromatic heterocycles. The topological polar surface area (TPSA) is 115 Å². The van der Waals surface area contributed by atoms with Gasteiger partial charge in [-0.15, -0.1) is 10.2 Å². The molecule has 0 aliphatic carbocycles. The van der Waals surface area contributed by atoms with Crippen LogP contribution in [0, 0.1) is 0 Å². The van der Waals surface area contributed by atoms with E-state index >= 15 is 0 Å². The third-order valence-corrected chi connectivity index (χ3v) is 4.28. The van der Waals surface area contributed by atoms with Crippen LogP contribution in [-0.2, 0) is 4.79 Å². The van der Waals surface area contributed by atoms with E-state index in [4.69, 9.17) is 17.4 Å². The molecule has 0 spiro atoms. The molecule has 0 unspecified atom stereocenters. The number of nitrogens with one attached hydrogen (secondary N) is 2. The van der Waals surface area contributed by atoms with Gasteiger partial charge in [-0.3, -0.25) is 10.1 Å². The van der Waals surface area contributed by atoms with Crippen molar-refractivity contribution in [2.24, 2.45) is 0 Å². The number of amides is 3. The van der Waals surface area contributed by atoms with Gasteiger partial charge in [0.15, 0.2) is 5.82 Å². The zero-order chi connectivity index (χ0) is 17.0. The minimum absolute atomic E-state index is 0.333. The highest BCUT2D eigenvalue weighted by Gasteiger charge is 2.21. The molecule has 10 heteroatoms. The van der Waals surface area contributed by atoms with Gasteiger partial charge in [0.1, 0.15) is 0 Å². The van der Waals surface area contributed by atoms with E-state index in [1.54, 1.807) is 25.1 Å². The second-order valence-corrected chi connectivity index (χ2v) is 6.20. The Morgan fingerprint density at radius 3 is 2.70 bits per heavy atom. The third kappa shape index (κ3) is 3.93. The van der Waals surface area contributed by atoms with Crippen LogP contribution in [-0.4, -0.2) is 39.1 Å². The highest BCUT2D eigenvalue weighted by atomic mass is 35.5. The summed E-state index contributed by atoms with van der Waals surface area (Å²) in [5, 5.41) is 12.7. The zero-order valence-corrected chi connectivity index (χ0v) is 14.0. The molecule has 0 aliphatic rings. The number of rotatable bonds is 4. The van der Waals surface area contributed by atoms with Crippen molar-refractivity contribution in [2.75, 3.05) is 12.9 Å². The lowest BCUT2D eigenvalue weighted by Gasteiger charge is -2.10. The molecule has 1 heterocycles. The van der Waals surface area contributed by atoms with E-state index in [0.29, 0.717) is 21.6 Å². The number of thioether (sulfide) groups is 1. The largest absolute Gasteiger partial charge is 0.341 e. The van der Waals surface area contributed by atoms with Gasteiger partial charge < -0.3 is 11.2 Å². The quantitative estimate of drug-likeness (QED) is 0.562. The van der Waals surface area contributed by atoms with Gasteiger partial charge in [0.05, 0.1) is 10.3 Å². The van der Waals surface area contributed by atoms with Crippen molar-refractivity contribution < 1.29 is 9.59 Å². The summed E-state index contributed by atoms with van der Waals surface area (Å²) in [5.41, 5.74) is 0.637. The number of imide groups is 1. The maximum Gasteiger partial charge on any atom is 0.321 e. The average molecular weight is 355 g/mol. The number of hydrogen-bond donors (Lipinski definition) is 3. The number of halogens is 1. The number of aromatic nitrogens is 3. The fourth-order valence-corrected chi connectivity index (χ4v) is 2.66. The lowest BCUT2D eigenvalue weighted by molar-refractivity contribution is -0.119. The molecule has 0 radical (unpaired) electrons. The van der Waals surface area contributed by atoms with Gasteiger partial charge in [-0.25, -0.2) is 9.47 Å². The van der Waals surface area contributed by atoms with Gasteiger partial charge in [-0.05, 0) is 19.1 Å². The molecule has 0 saturated heterocycles. The van der Waals surface area contributed by atoms with Crippen molar-refractivity contribution in [1.29, 1.82) is 0 Å². The summed E-state index contributed by atoms with van der Waals surface area (Å²) in [7, 11) is 1.42. The summed E-state index contributed by atoms with van der Waals surface area (Å²) >= 11 is 7.20. The Bertz CT molecular complexity index is 735. The molecule has 0 bridgehead atoms. The normalized spacial score (nSPS) is 11.8. The number of nitrogen functional groups attached to an aromatic ring is 1. The molecule has 0 saturated carbocycles. The van der Waals surface area contributed by atoms with Crippen molar-refractivity contribution in [2.45, 2.75) is 17.3 Å². The predicted molar refractivity (Wildman–Crippen MR) is 88.5 cm³/mol. The smallest absolute Gasteiger partial charge is 0.321 e. The average Bonchev–Trinajstić information content (AvgIpc) is 2.88. The Kier molecular flexibility index (Phi) is 5.45. The molecule has 2 rings (SSSR count). The molecule has 0 aliphatic heterocycles. The molecular weight excluding hydrogens is 340 g/mol. The number of nitrogens with two attached hydrogens (primary N) is 1. The maximum absolute atomic E-state index is 11.8. The summed E-state index contributed by atoms with van der Waals surface area (Å²) < 4.78 is 1.26. The molecular formula is C13H15ClN6O2S.